The van der Waals surface area contributed by atoms with E-state index >= 15 is 0 Å². The van der Waals surface area contributed by atoms with Crippen molar-refractivity contribution in [2.24, 2.45) is 5.73 Å². The van der Waals surface area contributed by atoms with Crippen molar-refractivity contribution in [1.82, 2.24) is 14.4 Å². The van der Waals surface area contributed by atoms with Gasteiger partial charge < -0.3 is 29.1 Å². The predicted octanol–water partition coefficient (Wildman–Crippen LogP) is 1.46. The lowest BCUT2D eigenvalue weighted by Gasteiger charge is -2.15. The zero-order chi connectivity index (χ0) is 18.8. The van der Waals surface area contributed by atoms with Crippen LogP contribution in [0, 0.1) is 0 Å². The molecule has 1 saturated heterocycles. The minimum Gasteiger partial charge on any atom is -0.485 e. The van der Waals surface area contributed by atoms with Crippen molar-refractivity contribution in [3.05, 3.63) is 53.6 Å². The van der Waals surface area contributed by atoms with Crippen molar-refractivity contribution < 1.29 is 23.7 Å². The van der Waals surface area contributed by atoms with E-state index in [0.29, 0.717) is 47.3 Å². The summed E-state index contributed by atoms with van der Waals surface area (Å²) in [6.07, 6.45) is 4.60. The van der Waals surface area contributed by atoms with Crippen LogP contribution in [0.25, 0.3) is 5.65 Å². The number of carbonyl (C=O) groups excluding carboxylic acids is 1. The molecule has 1 aliphatic heterocycles. The molecule has 140 valence electrons. The SMILES string of the molecule is COc1cc(C2OCCO2)c(OCc2cn3cccc(C(N)=O)c3n2)cn1. The van der Waals surface area contributed by atoms with Crippen molar-refractivity contribution in [3.63, 3.8) is 0 Å². The number of methoxy groups -OCH3 is 1. The van der Waals surface area contributed by atoms with Crippen LogP contribution in [-0.4, -0.2) is 40.6 Å². The van der Waals surface area contributed by atoms with E-state index in [9.17, 15) is 4.79 Å². The molecule has 9 nitrogen and oxygen atoms in total. The highest BCUT2D eigenvalue weighted by Crippen LogP contribution is 2.33. The molecule has 4 rings (SSSR count). The van der Waals surface area contributed by atoms with Crippen LogP contribution in [0.3, 0.4) is 0 Å². The molecule has 0 saturated carbocycles. The lowest BCUT2D eigenvalue weighted by atomic mass is 10.2. The Labute approximate surface area is 154 Å². The standard InChI is InChI=1S/C18H18N4O5/c1-24-15-7-13(18-25-5-6-26-18)14(8-20-15)27-10-11-9-22-4-2-3-12(16(19)23)17(22)21-11/h2-4,7-9,18H,5-6,10H2,1H3,(H2,19,23). The van der Waals surface area contributed by atoms with Gasteiger partial charge in [-0.25, -0.2) is 9.97 Å². The molecule has 0 aromatic carbocycles. The number of hydrogen-bond acceptors (Lipinski definition) is 7. The van der Waals surface area contributed by atoms with Gasteiger partial charge in [0, 0.05) is 18.5 Å². The van der Waals surface area contributed by atoms with Crippen molar-refractivity contribution in [2.75, 3.05) is 20.3 Å². The third kappa shape index (κ3) is 3.42. The van der Waals surface area contributed by atoms with Crippen LogP contribution in [0.5, 0.6) is 11.6 Å². The maximum Gasteiger partial charge on any atom is 0.252 e. The summed E-state index contributed by atoms with van der Waals surface area (Å²) in [7, 11) is 1.54. The number of nitrogens with two attached hydrogens (primary N) is 1. The van der Waals surface area contributed by atoms with Gasteiger partial charge in [-0.1, -0.05) is 0 Å². The Bertz CT molecular complexity index is 981. The van der Waals surface area contributed by atoms with Crippen LogP contribution in [0.1, 0.15) is 27.9 Å². The van der Waals surface area contributed by atoms with Crippen LogP contribution in [0.15, 0.2) is 36.8 Å². The number of fused-ring (bicyclic) bond motifs is 1. The fraction of sp³-hybridized carbons (Fsp3) is 0.278. The number of imidazole rings is 1. The highest BCUT2D eigenvalue weighted by Gasteiger charge is 2.24. The molecule has 1 aliphatic rings. The smallest absolute Gasteiger partial charge is 0.252 e. The van der Waals surface area contributed by atoms with E-state index in [2.05, 4.69) is 9.97 Å². The predicted molar refractivity (Wildman–Crippen MR) is 93.5 cm³/mol. The monoisotopic (exact) mass is 370 g/mol. The Morgan fingerprint density at radius 1 is 1.41 bits per heavy atom. The zero-order valence-electron chi connectivity index (χ0n) is 14.6. The second-order valence-electron chi connectivity index (χ2n) is 5.88. The van der Waals surface area contributed by atoms with Crippen molar-refractivity contribution in [2.45, 2.75) is 12.9 Å². The van der Waals surface area contributed by atoms with Gasteiger partial charge in [0.2, 0.25) is 5.88 Å². The lowest BCUT2D eigenvalue weighted by Crippen LogP contribution is -2.12. The van der Waals surface area contributed by atoms with Crippen LogP contribution in [0.2, 0.25) is 0 Å². The Hall–Kier alpha value is -3.17. The molecule has 1 amide bonds. The Morgan fingerprint density at radius 3 is 2.96 bits per heavy atom. The maximum atomic E-state index is 11.5. The summed E-state index contributed by atoms with van der Waals surface area (Å²) in [5, 5.41) is 0. The van der Waals surface area contributed by atoms with Gasteiger partial charge in [0.05, 0.1) is 43.3 Å². The van der Waals surface area contributed by atoms with Gasteiger partial charge in [0.1, 0.15) is 18.0 Å². The molecule has 0 spiro atoms. The largest absolute Gasteiger partial charge is 0.485 e. The van der Waals surface area contributed by atoms with Crippen LogP contribution in [-0.2, 0) is 16.1 Å². The molecular weight excluding hydrogens is 352 g/mol. The normalized spacial score (nSPS) is 14.6. The molecule has 27 heavy (non-hydrogen) atoms. The molecule has 0 radical (unpaired) electrons. The first-order valence-electron chi connectivity index (χ1n) is 8.32. The van der Waals surface area contributed by atoms with Gasteiger partial charge in [0.25, 0.3) is 5.91 Å². The van der Waals surface area contributed by atoms with Gasteiger partial charge in [0.15, 0.2) is 6.29 Å². The number of nitrogens with zero attached hydrogens (tertiary/aromatic N) is 3. The number of aromatic nitrogens is 3. The van der Waals surface area contributed by atoms with E-state index in [1.54, 1.807) is 41.2 Å². The number of ether oxygens (including phenoxy) is 4. The molecule has 0 bridgehead atoms. The Kier molecular flexibility index (Phi) is 4.61. The van der Waals surface area contributed by atoms with E-state index in [-0.39, 0.29) is 6.61 Å². The van der Waals surface area contributed by atoms with Gasteiger partial charge in [-0.3, -0.25) is 4.79 Å². The van der Waals surface area contributed by atoms with Crippen molar-refractivity contribution >= 4 is 11.6 Å². The summed E-state index contributed by atoms with van der Waals surface area (Å²) in [4.78, 5) is 20.2. The molecule has 3 aromatic heterocycles. The summed E-state index contributed by atoms with van der Waals surface area (Å²) >= 11 is 0. The molecule has 1 fully saturated rings. The first-order valence-corrected chi connectivity index (χ1v) is 8.32. The fourth-order valence-electron chi connectivity index (χ4n) is 2.87. The highest BCUT2D eigenvalue weighted by atomic mass is 16.7. The summed E-state index contributed by atoms with van der Waals surface area (Å²) in [5.74, 6) is 0.418. The number of rotatable bonds is 6. The van der Waals surface area contributed by atoms with E-state index in [0.717, 1.165) is 0 Å². The molecule has 2 N–H and O–H groups in total. The average Bonchev–Trinajstić information content (AvgIpc) is 3.35. The van der Waals surface area contributed by atoms with Crippen LogP contribution < -0.4 is 15.2 Å². The van der Waals surface area contributed by atoms with Crippen LogP contribution >= 0.6 is 0 Å². The van der Waals surface area contributed by atoms with E-state index < -0.39 is 12.2 Å². The molecule has 9 heteroatoms. The Morgan fingerprint density at radius 2 is 2.22 bits per heavy atom. The molecule has 0 unspecified atom stereocenters. The number of carbonyl (C=O) groups is 1. The summed E-state index contributed by atoms with van der Waals surface area (Å²) in [5.41, 5.74) is 7.57. The van der Waals surface area contributed by atoms with E-state index in [1.165, 1.54) is 7.11 Å². The quantitative estimate of drug-likeness (QED) is 0.699. The third-order valence-corrected chi connectivity index (χ3v) is 4.13. The second-order valence-corrected chi connectivity index (χ2v) is 5.88. The summed E-state index contributed by atoms with van der Waals surface area (Å²) in [6, 6.07) is 5.09. The summed E-state index contributed by atoms with van der Waals surface area (Å²) in [6.45, 7) is 1.20. The minimum absolute atomic E-state index is 0.174. The molecule has 4 heterocycles. The maximum absolute atomic E-state index is 11.5. The number of primary amides is 1. The third-order valence-electron chi connectivity index (χ3n) is 4.13. The van der Waals surface area contributed by atoms with E-state index in [4.69, 9.17) is 24.7 Å². The highest BCUT2D eigenvalue weighted by molar-refractivity contribution is 5.98. The van der Waals surface area contributed by atoms with Crippen molar-refractivity contribution in [3.8, 4) is 11.6 Å². The van der Waals surface area contributed by atoms with Crippen molar-refractivity contribution in [1.29, 1.82) is 0 Å². The first kappa shape index (κ1) is 17.3. The zero-order valence-corrected chi connectivity index (χ0v) is 14.6. The first-order chi connectivity index (χ1) is 13.2. The lowest BCUT2D eigenvalue weighted by molar-refractivity contribution is -0.0461. The van der Waals surface area contributed by atoms with E-state index in [1.807, 2.05) is 0 Å². The van der Waals surface area contributed by atoms with Crippen LogP contribution in [0.4, 0.5) is 0 Å². The van der Waals surface area contributed by atoms with Gasteiger partial charge in [-0.15, -0.1) is 0 Å². The second kappa shape index (κ2) is 7.22. The minimum atomic E-state index is -0.532. The number of pyridine rings is 2. The van der Waals surface area contributed by atoms with Gasteiger partial charge in [-0.2, -0.15) is 0 Å². The molecule has 0 aliphatic carbocycles. The summed E-state index contributed by atoms with van der Waals surface area (Å²) < 4.78 is 23.9. The Balaban J connectivity index is 1.59. The van der Waals surface area contributed by atoms with Gasteiger partial charge in [-0.05, 0) is 12.1 Å². The topological polar surface area (TPSA) is 110 Å². The molecule has 0 atom stereocenters. The number of hydrogen-bond donors (Lipinski definition) is 1. The fourth-order valence-corrected chi connectivity index (χ4v) is 2.87. The molecule has 3 aromatic rings. The molecular formula is C18H18N4O5. The number of amides is 1. The van der Waals surface area contributed by atoms with Gasteiger partial charge >= 0.3 is 0 Å². The average molecular weight is 370 g/mol.